The molecule has 0 fully saturated rings. The Labute approximate surface area is 158 Å². The van der Waals surface area contributed by atoms with Gasteiger partial charge in [0.2, 0.25) is 0 Å². The summed E-state index contributed by atoms with van der Waals surface area (Å²) in [6, 6.07) is 14.1. The van der Waals surface area contributed by atoms with Crippen LogP contribution >= 0.6 is 11.3 Å². The molecule has 1 heterocycles. The molecular formula is C22H23NO2S. The number of thiazole rings is 1. The van der Waals surface area contributed by atoms with Gasteiger partial charge in [-0.3, -0.25) is 0 Å². The summed E-state index contributed by atoms with van der Waals surface area (Å²) in [7, 11) is 0. The molecule has 0 aliphatic rings. The van der Waals surface area contributed by atoms with Gasteiger partial charge in [0.15, 0.2) is 0 Å². The van der Waals surface area contributed by atoms with Gasteiger partial charge in [0.05, 0.1) is 11.3 Å². The molecule has 0 aliphatic heterocycles. The molecule has 3 rings (SSSR count). The number of benzene rings is 2. The van der Waals surface area contributed by atoms with Crippen LogP contribution in [0.4, 0.5) is 0 Å². The lowest BCUT2D eigenvalue weighted by atomic mass is 10.0. The topological polar surface area (TPSA) is 39.2 Å². The summed E-state index contributed by atoms with van der Waals surface area (Å²) >= 11 is 1.57. The van der Waals surface area contributed by atoms with E-state index in [4.69, 9.17) is 4.74 Å². The fourth-order valence-electron chi connectivity index (χ4n) is 2.71. The highest BCUT2D eigenvalue weighted by atomic mass is 32.1. The third-order valence-electron chi connectivity index (χ3n) is 4.55. The number of rotatable bonds is 5. The van der Waals surface area contributed by atoms with Gasteiger partial charge in [-0.05, 0) is 42.5 Å². The monoisotopic (exact) mass is 365 g/mol. The van der Waals surface area contributed by atoms with Crippen LogP contribution < -0.4 is 0 Å². The van der Waals surface area contributed by atoms with Crippen molar-refractivity contribution in [3.63, 3.8) is 0 Å². The quantitative estimate of drug-likeness (QED) is 0.528. The van der Waals surface area contributed by atoms with Crippen molar-refractivity contribution < 1.29 is 9.53 Å². The number of aryl methyl sites for hydroxylation is 1. The van der Waals surface area contributed by atoms with Crippen LogP contribution in [0.3, 0.4) is 0 Å². The van der Waals surface area contributed by atoms with E-state index in [1.165, 1.54) is 5.56 Å². The fourth-order valence-corrected chi connectivity index (χ4v) is 3.52. The second-order valence-electron chi connectivity index (χ2n) is 6.74. The molecule has 26 heavy (non-hydrogen) atoms. The Morgan fingerprint density at radius 1 is 1.12 bits per heavy atom. The number of carbonyl (C=O) groups excluding carboxylic acids is 1. The Kier molecular flexibility index (Phi) is 5.52. The summed E-state index contributed by atoms with van der Waals surface area (Å²) in [5.74, 6) is 0.211. The second kappa shape index (κ2) is 7.83. The molecule has 1 aromatic heterocycles. The van der Waals surface area contributed by atoms with E-state index in [0.717, 1.165) is 27.4 Å². The second-order valence-corrected chi connectivity index (χ2v) is 7.60. The maximum Gasteiger partial charge on any atom is 0.338 e. The number of carbonyl (C=O) groups is 1. The van der Waals surface area contributed by atoms with Crippen molar-refractivity contribution in [3.05, 3.63) is 75.8 Å². The summed E-state index contributed by atoms with van der Waals surface area (Å²) in [6.45, 7) is 8.48. The van der Waals surface area contributed by atoms with E-state index in [2.05, 4.69) is 43.1 Å². The largest absolute Gasteiger partial charge is 0.456 e. The van der Waals surface area contributed by atoms with Crippen molar-refractivity contribution in [1.82, 2.24) is 4.98 Å². The lowest BCUT2D eigenvalue weighted by molar-refractivity contribution is 0.0467. The number of aromatic nitrogens is 1. The van der Waals surface area contributed by atoms with Gasteiger partial charge in [-0.1, -0.05) is 50.2 Å². The first-order valence-corrected chi connectivity index (χ1v) is 9.61. The van der Waals surface area contributed by atoms with Crippen LogP contribution in [0.5, 0.6) is 0 Å². The van der Waals surface area contributed by atoms with Crippen LogP contribution in [0.2, 0.25) is 0 Å². The smallest absolute Gasteiger partial charge is 0.338 e. The zero-order valence-corrected chi connectivity index (χ0v) is 16.4. The van der Waals surface area contributed by atoms with Crippen molar-refractivity contribution in [2.75, 3.05) is 0 Å². The van der Waals surface area contributed by atoms with Gasteiger partial charge >= 0.3 is 5.97 Å². The summed E-state index contributed by atoms with van der Waals surface area (Å²) in [6.07, 6.45) is 0. The normalized spacial score (nSPS) is 11.0. The van der Waals surface area contributed by atoms with Crippen molar-refractivity contribution in [3.8, 4) is 10.6 Å². The zero-order valence-electron chi connectivity index (χ0n) is 15.6. The zero-order chi connectivity index (χ0) is 18.7. The van der Waals surface area contributed by atoms with Gasteiger partial charge in [-0.2, -0.15) is 0 Å². The number of hydrogen-bond acceptors (Lipinski definition) is 4. The Morgan fingerprint density at radius 2 is 1.85 bits per heavy atom. The van der Waals surface area contributed by atoms with Gasteiger partial charge in [0, 0.05) is 10.9 Å². The van der Waals surface area contributed by atoms with Gasteiger partial charge in [0.1, 0.15) is 11.6 Å². The van der Waals surface area contributed by atoms with E-state index >= 15 is 0 Å². The SMILES string of the molecule is Cc1cccc(C(=O)OCc2csc(-c3ccc(C(C)C)cc3)n2)c1C. The van der Waals surface area contributed by atoms with Crippen LogP contribution in [0.15, 0.2) is 47.8 Å². The number of hydrogen-bond donors (Lipinski definition) is 0. The van der Waals surface area contributed by atoms with E-state index in [1.807, 2.05) is 31.4 Å². The van der Waals surface area contributed by atoms with Crippen LogP contribution in [0.25, 0.3) is 10.6 Å². The van der Waals surface area contributed by atoms with E-state index in [-0.39, 0.29) is 12.6 Å². The van der Waals surface area contributed by atoms with E-state index < -0.39 is 0 Å². The number of esters is 1. The van der Waals surface area contributed by atoms with Gasteiger partial charge < -0.3 is 4.74 Å². The first kappa shape index (κ1) is 18.3. The van der Waals surface area contributed by atoms with E-state index in [0.29, 0.717) is 11.5 Å². The first-order valence-electron chi connectivity index (χ1n) is 8.73. The molecule has 0 spiro atoms. The van der Waals surface area contributed by atoms with Gasteiger partial charge in [-0.15, -0.1) is 11.3 Å². The molecular weight excluding hydrogens is 342 g/mol. The summed E-state index contributed by atoms with van der Waals surface area (Å²) in [4.78, 5) is 16.9. The maximum atomic E-state index is 12.3. The molecule has 0 bridgehead atoms. The number of ether oxygens (including phenoxy) is 1. The lowest BCUT2D eigenvalue weighted by Gasteiger charge is -2.08. The van der Waals surface area contributed by atoms with Crippen molar-refractivity contribution in [1.29, 1.82) is 0 Å². The highest BCUT2D eigenvalue weighted by Gasteiger charge is 2.13. The van der Waals surface area contributed by atoms with Crippen LogP contribution in [-0.2, 0) is 11.3 Å². The molecule has 0 N–H and O–H groups in total. The van der Waals surface area contributed by atoms with Gasteiger partial charge in [0.25, 0.3) is 0 Å². The first-order chi connectivity index (χ1) is 12.5. The molecule has 134 valence electrons. The Hall–Kier alpha value is -2.46. The highest BCUT2D eigenvalue weighted by Crippen LogP contribution is 2.26. The van der Waals surface area contributed by atoms with Crippen molar-refractivity contribution in [2.24, 2.45) is 0 Å². The van der Waals surface area contributed by atoms with E-state index in [1.54, 1.807) is 17.4 Å². The summed E-state index contributed by atoms with van der Waals surface area (Å²) in [5.41, 5.74) is 5.84. The summed E-state index contributed by atoms with van der Waals surface area (Å²) < 4.78 is 5.45. The molecule has 4 heteroatoms. The summed E-state index contributed by atoms with van der Waals surface area (Å²) in [5, 5.41) is 2.89. The molecule has 0 aliphatic carbocycles. The molecule has 0 saturated carbocycles. The highest BCUT2D eigenvalue weighted by molar-refractivity contribution is 7.13. The third-order valence-corrected chi connectivity index (χ3v) is 5.49. The molecule has 0 saturated heterocycles. The maximum absolute atomic E-state index is 12.3. The lowest BCUT2D eigenvalue weighted by Crippen LogP contribution is -2.08. The molecule has 0 amide bonds. The molecule has 3 aromatic rings. The predicted molar refractivity (Wildman–Crippen MR) is 107 cm³/mol. The fraction of sp³-hybridized carbons (Fsp3) is 0.273. The Bertz CT molecular complexity index is 910. The average Bonchev–Trinajstić information content (AvgIpc) is 3.11. The molecule has 0 radical (unpaired) electrons. The molecule has 3 nitrogen and oxygen atoms in total. The van der Waals surface area contributed by atoms with Crippen LogP contribution in [0, 0.1) is 13.8 Å². The molecule has 0 unspecified atom stereocenters. The van der Waals surface area contributed by atoms with E-state index in [9.17, 15) is 4.79 Å². The minimum absolute atomic E-state index is 0.187. The Morgan fingerprint density at radius 3 is 2.54 bits per heavy atom. The standard InChI is InChI=1S/C22H23NO2S/c1-14(2)17-8-10-18(11-9-17)21-23-19(13-26-21)12-25-22(24)20-7-5-6-15(3)16(20)4/h5-11,13-14H,12H2,1-4H3. The number of nitrogens with zero attached hydrogens (tertiary/aromatic N) is 1. The molecule has 0 atom stereocenters. The van der Waals surface area contributed by atoms with Gasteiger partial charge in [-0.25, -0.2) is 9.78 Å². The average molecular weight is 365 g/mol. The van der Waals surface area contributed by atoms with Crippen LogP contribution in [0.1, 0.15) is 52.5 Å². The van der Waals surface area contributed by atoms with Crippen LogP contribution in [-0.4, -0.2) is 11.0 Å². The third kappa shape index (κ3) is 4.02. The Balaban J connectivity index is 1.67. The minimum atomic E-state index is -0.304. The minimum Gasteiger partial charge on any atom is -0.456 e. The molecule has 2 aromatic carbocycles. The van der Waals surface area contributed by atoms with Crippen molar-refractivity contribution >= 4 is 17.3 Å². The van der Waals surface area contributed by atoms with Crippen molar-refractivity contribution in [2.45, 2.75) is 40.2 Å². The predicted octanol–water partition coefficient (Wildman–Crippen LogP) is 5.91.